The molecule has 0 unspecified atom stereocenters. The number of imidazole rings is 1. The zero-order valence-corrected chi connectivity index (χ0v) is 9.86. The fourth-order valence-corrected chi connectivity index (χ4v) is 1.78. The van der Waals surface area contributed by atoms with Crippen LogP contribution < -0.4 is 5.56 Å². The van der Waals surface area contributed by atoms with Crippen LogP contribution in [0.25, 0.3) is 5.78 Å². The normalized spacial score (nSPS) is 11.2. The van der Waals surface area contributed by atoms with Crippen molar-refractivity contribution in [2.45, 2.75) is 13.3 Å². The van der Waals surface area contributed by atoms with Crippen LogP contribution in [0.2, 0.25) is 0 Å². The van der Waals surface area contributed by atoms with E-state index in [0.717, 1.165) is 5.69 Å². The van der Waals surface area contributed by atoms with E-state index in [9.17, 15) is 4.79 Å². The van der Waals surface area contributed by atoms with Crippen LogP contribution in [0.1, 0.15) is 11.3 Å². The molecule has 0 radical (unpaired) electrons. The molecule has 86 valence electrons. The Labute approximate surface area is 97.4 Å². The predicted octanol–water partition coefficient (Wildman–Crippen LogP) is 1.05. The van der Waals surface area contributed by atoms with Crippen LogP contribution in [0.3, 0.4) is 0 Å². The molecule has 0 atom stereocenters. The molecule has 2 aromatic rings. The molecular formula is C10H12ClN3O2. The summed E-state index contributed by atoms with van der Waals surface area (Å²) >= 11 is 5.15. The molecule has 2 heterocycles. The molecule has 0 aromatic carbocycles. The third-order valence-corrected chi connectivity index (χ3v) is 2.74. The minimum Gasteiger partial charge on any atom is -0.320 e. The molecule has 0 aliphatic heterocycles. The fourth-order valence-electron chi connectivity index (χ4n) is 1.71. The first kappa shape index (κ1) is 11.2. The van der Waals surface area contributed by atoms with Crippen LogP contribution in [0.15, 0.2) is 17.2 Å². The predicted molar refractivity (Wildman–Crippen MR) is 60.7 cm³/mol. The Morgan fingerprint density at radius 2 is 2.25 bits per heavy atom. The highest BCUT2D eigenvalue weighted by Crippen LogP contribution is 2.05. The Hall–Kier alpha value is -1.33. The van der Waals surface area contributed by atoms with Gasteiger partial charge < -0.3 is 4.57 Å². The van der Waals surface area contributed by atoms with Gasteiger partial charge in [0.2, 0.25) is 5.78 Å². The highest BCUT2D eigenvalue weighted by molar-refractivity contribution is 6.07. The summed E-state index contributed by atoms with van der Waals surface area (Å²) in [7, 11) is 1.85. The number of fused-ring (bicyclic) bond motifs is 1. The lowest BCUT2D eigenvalue weighted by atomic mass is 10.2. The summed E-state index contributed by atoms with van der Waals surface area (Å²) in [6, 6.07) is 0. The Morgan fingerprint density at radius 1 is 1.50 bits per heavy atom. The van der Waals surface area contributed by atoms with Crippen LogP contribution in [0, 0.1) is 6.92 Å². The number of nitrogens with zero attached hydrogens (tertiary/aromatic N) is 3. The summed E-state index contributed by atoms with van der Waals surface area (Å²) in [4.78, 5) is 16.5. The second-order valence-corrected chi connectivity index (χ2v) is 3.84. The minimum absolute atomic E-state index is 0.0585. The highest BCUT2D eigenvalue weighted by atomic mass is 35.5. The highest BCUT2D eigenvalue weighted by Gasteiger charge is 2.10. The average molecular weight is 242 g/mol. The SMILES string of the molecule is Cc1nc2n(C)ccn2c(=O)c1CCOCl. The Balaban J connectivity index is 2.62. The first-order valence-corrected chi connectivity index (χ1v) is 5.22. The van der Waals surface area contributed by atoms with Gasteiger partial charge in [-0.05, 0) is 6.92 Å². The molecule has 0 aliphatic carbocycles. The van der Waals surface area contributed by atoms with E-state index in [1.165, 1.54) is 4.40 Å². The number of rotatable bonds is 3. The largest absolute Gasteiger partial charge is 0.320 e. The smallest absolute Gasteiger partial charge is 0.262 e. The molecule has 0 aliphatic rings. The van der Waals surface area contributed by atoms with Gasteiger partial charge >= 0.3 is 0 Å². The monoisotopic (exact) mass is 241 g/mol. The van der Waals surface area contributed by atoms with E-state index in [-0.39, 0.29) is 5.56 Å². The average Bonchev–Trinajstić information content (AvgIpc) is 2.61. The topological polar surface area (TPSA) is 48.5 Å². The van der Waals surface area contributed by atoms with Gasteiger partial charge in [-0.15, -0.1) is 0 Å². The summed E-state index contributed by atoms with van der Waals surface area (Å²) in [5, 5.41) is 0. The second kappa shape index (κ2) is 4.27. The lowest BCUT2D eigenvalue weighted by molar-refractivity contribution is 0.355. The quantitative estimate of drug-likeness (QED) is 0.807. The van der Waals surface area contributed by atoms with E-state index in [4.69, 9.17) is 11.9 Å². The molecular weight excluding hydrogens is 230 g/mol. The summed E-state index contributed by atoms with van der Waals surface area (Å²) in [6.45, 7) is 2.12. The molecule has 0 bridgehead atoms. The molecule has 0 saturated carbocycles. The molecule has 16 heavy (non-hydrogen) atoms. The maximum atomic E-state index is 12.1. The van der Waals surface area contributed by atoms with Gasteiger partial charge in [-0.25, -0.2) is 4.98 Å². The molecule has 0 N–H and O–H groups in total. The van der Waals surface area contributed by atoms with E-state index < -0.39 is 0 Å². The van der Waals surface area contributed by atoms with Crippen molar-refractivity contribution >= 4 is 17.6 Å². The Kier molecular flexibility index (Phi) is 2.98. The molecule has 2 rings (SSSR count). The number of halogens is 1. The van der Waals surface area contributed by atoms with Crippen LogP contribution in [-0.2, 0) is 17.8 Å². The van der Waals surface area contributed by atoms with Gasteiger partial charge in [0.1, 0.15) is 0 Å². The summed E-state index contributed by atoms with van der Waals surface area (Å²) in [5.74, 6) is 0.637. The molecule has 0 spiro atoms. The standard InChI is InChI=1S/C10H12ClN3O2/c1-7-8(3-6-16-11)9(15)14-5-4-13(2)10(14)12-7/h4-5H,3,6H2,1-2H3. The van der Waals surface area contributed by atoms with Gasteiger partial charge in [0.05, 0.1) is 24.2 Å². The maximum Gasteiger partial charge on any atom is 0.262 e. The van der Waals surface area contributed by atoms with E-state index in [0.29, 0.717) is 24.4 Å². The van der Waals surface area contributed by atoms with E-state index >= 15 is 0 Å². The summed E-state index contributed by atoms with van der Waals surface area (Å²) in [5.41, 5.74) is 1.31. The van der Waals surface area contributed by atoms with Crippen molar-refractivity contribution in [3.05, 3.63) is 34.0 Å². The van der Waals surface area contributed by atoms with Crippen LogP contribution in [-0.4, -0.2) is 20.6 Å². The molecule has 0 amide bonds. The van der Waals surface area contributed by atoms with Crippen LogP contribution in [0.5, 0.6) is 0 Å². The van der Waals surface area contributed by atoms with Gasteiger partial charge in [0.15, 0.2) is 0 Å². The number of aryl methyl sites for hydroxylation is 2. The van der Waals surface area contributed by atoms with Gasteiger partial charge in [0, 0.05) is 31.4 Å². The van der Waals surface area contributed by atoms with Crippen molar-refractivity contribution in [1.29, 1.82) is 0 Å². The van der Waals surface area contributed by atoms with E-state index in [1.807, 2.05) is 14.0 Å². The van der Waals surface area contributed by atoms with E-state index in [1.54, 1.807) is 17.0 Å². The van der Waals surface area contributed by atoms with E-state index in [2.05, 4.69) is 9.27 Å². The van der Waals surface area contributed by atoms with Crippen molar-refractivity contribution < 1.29 is 4.29 Å². The number of hydrogen-bond acceptors (Lipinski definition) is 3. The minimum atomic E-state index is -0.0585. The molecule has 6 heteroatoms. The Bertz CT molecular complexity index is 573. The van der Waals surface area contributed by atoms with Gasteiger partial charge in [0.25, 0.3) is 5.56 Å². The van der Waals surface area contributed by atoms with Crippen molar-refractivity contribution in [2.24, 2.45) is 7.05 Å². The number of aromatic nitrogens is 3. The second-order valence-electron chi connectivity index (χ2n) is 3.62. The lowest BCUT2D eigenvalue weighted by Crippen LogP contribution is -2.22. The van der Waals surface area contributed by atoms with Crippen molar-refractivity contribution in [3.8, 4) is 0 Å². The van der Waals surface area contributed by atoms with Gasteiger partial charge in [-0.3, -0.25) is 13.5 Å². The zero-order valence-electron chi connectivity index (χ0n) is 9.11. The first-order chi connectivity index (χ1) is 7.65. The number of hydrogen-bond donors (Lipinski definition) is 0. The van der Waals surface area contributed by atoms with Gasteiger partial charge in [-0.1, -0.05) is 0 Å². The Morgan fingerprint density at radius 3 is 2.94 bits per heavy atom. The molecule has 0 saturated heterocycles. The van der Waals surface area contributed by atoms with Crippen LogP contribution in [0.4, 0.5) is 0 Å². The van der Waals surface area contributed by atoms with Crippen molar-refractivity contribution in [1.82, 2.24) is 14.0 Å². The molecule has 0 fully saturated rings. The third kappa shape index (κ3) is 1.72. The van der Waals surface area contributed by atoms with Crippen molar-refractivity contribution in [3.63, 3.8) is 0 Å². The lowest BCUT2D eigenvalue weighted by Gasteiger charge is -2.04. The van der Waals surface area contributed by atoms with Crippen LogP contribution >= 0.6 is 11.9 Å². The molecule has 5 nitrogen and oxygen atoms in total. The fraction of sp³-hybridized carbons (Fsp3) is 0.400. The maximum absolute atomic E-state index is 12.1. The first-order valence-electron chi connectivity index (χ1n) is 4.92. The summed E-state index contributed by atoms with van der Waals surface area (Å²) in [6.07, 6.45) is 3.97. The zero-order chi connectivity index (χ0) is 11.7. The van der Waals surface area contributed by atoms with Crippen molar-refractivity contribution in [2.75, 3.05) is 6.61 Å². The molecule has 2 aromatic heterocycles. The third-order valence-electron chi connectivity index (χ3n) is 2.58. The van der Waals surface area contributed by atoms with Gasteiger partial charge in [-0.2, -0.15) is 0 Å². The summed E-state index contributed by atoms with van der Waals surface area (Å²) < 4.78 is 7.79.